The first-order valence-corrected chi connectivity index (χ1v) is 7.45. The molecule has 0 spiro atoms. The van der Waals surface area contributed by atoms with Gasteiger partial charge in [-0.15, -0.1) is 0 Å². The maximum absolute atomic E-state index is 13.3. The molecule has 8 heteroatoms. The van der Waals surface area contributed by atoms with Gasteiger partial charge in [0.1, 0.15) is 5.82 Å². The number of nitro benzene ring substituents is 1. The minimum atomic E-state index is -0.788. The predicted molar refractivity (Wildman–Crippen MR) is 87.9 cm³/mol. The Kier molecular flexibility index (Phi) is 4.88. The molecule has 0 heterocycles. The molecule has 5 nitrogen and oxygen atoms in total. The number of nitro groups is 1. The molecule has 1 amide bonds. The fraction of sp³-hybridized carbons (Fsp3) is 0. The Labute approximate surface area is 141 Å². The number of hydrogen-bond acceptors (Lipinski definition) is 3. The number of halogens is 3. The Bertz CT molecular complexity index is 739. The molecule has 1 N–H and O–H groups in total. The van der Waals surface area contributed by atoms with Crippen molar-refractivity contribution in [1.82, 2.24) is 0 Å². The van der Waals surface area contributed by atoms with Gasteiger partial charge in [-0.05, 0) is 46.9 Å². The fourth-order valence-electron chi connectivity index (χ4n) is 1.62. The van der Waals surface area contributed by atoms with Gasteiger partial charge in [0.05, 0.1) is 22.2 Å². The summed E-state index contributed by atoms with van der Waals surface area (Å²) in [5.74, 6) is -1.26. The number of anilines is 1. The molecule has 0 aliphatic carbocycles. The number of benzene rings is 2. The first kappa shape index (κ1) is 15.8. The van der Waals surface area contributed by atoms with Crippen LogP contribution in [-0.4, -0.2) is 10.8 Å². The number of hydrogen-bond donors (Lipinski definition) is 1. The molecule has 21 heavy (non-hydrogen) atoms. The second-order valence-corrected chi connectivity index (χ2v) is 6.11. The van der Waals surface area contributed by atoms with Gasteiger partial charge >= 0.3 is 0 Å². The number of carbonyl (C=O) groups excluding carboxylic acids is 1. The average molecular weight is 465 g/mol. The Morgan fingerprint density at radius 1 is 1.29 bits per heavy atom. The molecule has 0 saturated heterocycles. The maximum Gasteiger partial charge on any atom is 0.274 e. The quantitative estimate of drug-likeness (QED) is 0.417. The Morgan fingerprint density at radius 3 is 2.67 bits per heavy atom. The van der Waals surface area contributed by atoms with Crippen molar-refractivity contribution in [2.75, 3.05) is 5.32 Å². The van der Waals surface area contributed by atoms with Crippen molar-refractivity contribution in [3.8, 4) is 0 Å². The Morgan fingerprint density at radius 2 is 2.00 bits per heavy atom. The van der Waals surface area contributed by atoms with Crippen molar-refractivity contribution >= 4 is 55.8 Å². The van der Waals surface area contributed by atoms with Crippen molar-refractivity contribution in [3.63, 3.8) is 0 Å². The van der Waals surface area contributed by atoms with Gasteiger partial charge in [-0.3, -0.25) is 14.9 Å². The van der Waals surface area contributed by atoms with Gasteiger partial charge in [0, 0.05) is 14.1 Å². The largest absolute Gasteiger partial charge is 0.322 e. The second-order valence-electron chi connectivity index (χ2n) is 4.03. The predicted octanol–water partition coefficient (Wildman–Crippen LogP) is 4.35. The fourth-order valence-corrected chi connectivity index (χ4v) is 2.56. The molecular formula is C13H7BrFIN2O3. The van der Waals surface area contributed by atoms with E-state index in [1.54, 1.807) is 18.2 Å². The van der Waals surface area contributed by atoms with Crippen LogP contribution in [0.2, 0.25) is 0 Å². The lowest BCUT2D eigenvalue weighted by Gasteiger charge is -2.07. The van der Waals surface area contributed by atoms with E-state index in [2.05, 4.69) is 21.2 Å². The summed E-state index contributed by atoms with van der Waals surface area (Å²) in [4.78, 5) is 22.1. The van der Waals surface area contributed by atoms with Crippen molar-refractivity contribution in [2.45, 2.75) is 0 Å². The van der Waals surface area contributed by atoms with Crippen molar-refractivity contribution < 1.29 is 14.1 Å². The maximum atomic E-state index is 13.3. The van der Waals surface area contributed by atoms with Crippen LogP contribution in [0.5, 0.6) is 0 Å². The zero-order valence-corrected chi connectivity index (χ0v) is 14.0. The summed E-state index contributed by atoms with van der Waals surface area (Å²) in [6.45, 7) is 0. The van der Waals surface area contributed by atoms with E-state index in [0.717, 1.165) is 22.7 Å². The lowest BCUT2D eigenvalue weighted by Crippen LogP contribution is -2.13. The standard InChI is InChI=1S/C13H7BrFIN2O3/c14-7-1-2-12(16)11(3-7)13(19)17-9-4-8(15)5-10(6-9)18(20)21/h1-6H,(H,17,19). The van der Waals surface area contributed by atoms with Crippen molar-refractivity contribution in [1.29, 1.82) is 0 Å². The molecule has 0 bridgehead atoms. The first-order valence-electron chi connectivity index (χ1n) is 5.58. The molecule has 0 atom stereocenters. The number of rotatable bonds is 3. The van der Waals surface area contributed by atoms with Gasteiger partial charge in [0.15, 0.2) is 0 Å². The van der Waals surface area contributed by atoms with E-state index in [4.69, 9.17) is 0 Å². The van der Waals surface area contributed by atoms with E-state index in [0.29, 0.717) is 9.13 Å². The highest BCUT2D eigenvalue weighted by Gasteiger charge is 2.14. The number of non-ortho nitro benzene ring substituents is 1. The lowest BCUT2D eigenvalue weighted by molar-refractivity contribution is -0.385. The van der Waals surface area contributed by atoms with Crippen LogP contribution in [0.3, 0.4) is 0 Å². The third-order valence-corrected chi connectivity index (χ3v) is 3.96. The second kappa shape index (κ2) is 6.48. The zero-order chi connectivity index (χ0) is 15.6. The molecule has 0 fully saturated rings. The molecule has 2 aromatic carbocycles. The van der Waals surface area contributed by atoms with E-state index < -0.39 is 22.3 Å². The number of nitrogens with one attached hydrogen (secondary N) is 1. The first-order chi connectivity index (χ1) is 9.86. The van der Waals surface area contributed by atoms with Crippen LogP contribution in [0.25, 0.3) is 0 Å². The van der Waals surface area contributed by atoms with Crippen molar-refractivity contribution in [2.24, 2.45) is 0 Å². The SMILES string of the molecule is O=C(Nc1cc(F)cc([N+](=O)[O-])c1)c1cc(Br)ccc1I. The number of nitrogens with zero attached hydrogens (tertiary/aromatic N) is 1. The third-order valence-electron chi connectivity index (χ3n) is 2.52. The van der Waals surface area contributed by atoms with Crippen LogP contribution in [0.4, 0.5) is 15.8 Å². The summed E-state index contributed by atoms with van der Waals surface area (Å²) in [5.41, 5.74) is -0.00592. The van der Waals surface area contributed by atoms with Crippen LogP contribution in [0.15, 0.2) is 40.9 Å². The molecule has 2 rings (SSSR count). The normalized spacial score (nSPS) is 10.2. The lowest BCUT2D eigenvalue weighted by atomic mass is 10.2. The van der Waals surface area contributed by atoms with Crippen LogP contribution in [-0.2, 0) is 0 Å². The van der Waals surface area contributed by atoms with Gasteiger partial charge < -0.3 is 5.32 Å². The average Bonchev–Trinajstić information content (AvgIpc) is 2.40. The molecule has 0 aliphatic rings. The van der Waals surface area contributed by atoms with E-state index >= 15 is 0 Å². The van der Waals surface area contributed by atoms with Crippen LogP contribution < -0.4 is 5.32 Å². The van der Waals surface area contributed by atoms with Crippen molar-refractivity contribution in [3.05, 3.63) is 65.9 Å². The summed E-state index contributed by atoms with van der Waals surface area (Å²) < 4.78 is 14.7. The van der Waals surface area contributed by atoms with E-state index in [9.17, 15) is 19.3 Å². The highest BCUT2D eigenvalue weighted by atomic mass is 127. The van der Waals surface area contributed by atoms with E-state index in [1.165, 1.54) is 0 Å². The van der Waals surface area contributed by atoms with Gasteiger partial charge in [-0.1, -0.05) is 15.9 Å². The Hall–Kier alpha value is -1.55. The van der Waals surface area contributed by atoms with Gasteiger partial charge in [-0.2, -0.15) is 0 Å². The molecule has 0 radical (unpaired) electrons. The van der Waals surface area contributed by atoms with Crippen LogP contribution >= 0.6 is 38.5 Å². The minimum absolute atomic E-state index is 0.0301. The molecule has 2 aromatic rings. The molecule has 0 unspecified atom stereocenters. The van der Waals surface area contributed by atoms with E-state index in [-0.39, 0.29) is 5.69 Å². The highest BCUT2D eigenvalue weighted by molar-refractivity contribution is 14.1. The number of amides is 1. The monoisotopic (exact) mass is 464 g/mol. The van der Waals surface area contributed by atoms with Crippen LogP contribution in [0, 0.1) is 19.5 Å². The summed E-state index contributed by atoms with van der Waals surface area (Å²) in [6, 6.07) is 8.06. The van der Waals surface area contributed by atoms with E-state index in [1.807, 2.05) is 22.6 Å². The summed E-state index contributed by atoms with van der Waals surface area (Å²) in [7, 11) is 0. The topological polar surface area (TPSA) is 72.2 Å². The molecular weight excluding hydrogens is 458 g/mol. The van der Waals surface area contributed by atoms with Gasteiger partial charge in [-0.25, -0.2) is 4.39 Å². The zero-order valence-electron chi connectivity index (χ0n) is 10.3. The van der Waals surface area contributed by atoms with Gasteiger partial charge in [0.25, 0.3) is 11.6 Å². The van der Waals surface area contributed by atoms with Crippen LogP contribution in [0.1, 0.15) is 10.4 Å². The third kappa shape index (κ3) is 3.97. The highest BCUT2D eigenvalue weighted by Crippen LogP contribution is 2.23. The molecule has 108 valence electrons. The smallest absolute Gasteiger partial charge is 0.274 e. The molecule has 0 aliphatic heterocycles. The summed E-state index contributed by atoms with van der Waals surface area (Å²) >= 11 is 5.25. The summed E-state index contributed by atoms with van der Waals surface area (Å²) in [6.07, 6.45) is 0. The summed E-state index contributed by atoms with van der Waals surface area (Å²) in [5, 5.41) is 13.1. The minimum Gasteiger partial charge on any atom is -0.322 e. The Balaban J connectivity index is 2.31. The number of carbonyl (C=O) groups is 1. The molecule has 0 saturated carbocycles. The van der Waals surface area contributed by atoms with Gasteiger partial charge in [0.2, 0.25) is 0 Å². The molecule has 0 aromatic heterocycles.